The number of nitrogens with zero attached hydrogens (tertiary/aromatic N) is 1. The average Bonchev–Trinajstić information content (AvgIpc) is 3.10. The van der Waals surface area contributed by atoms with E-state index in [2.05, 4.69) is 5.32 Å². The Bertz CT molecular complexity index is 1310. The molecular formula is C21H15N3O6. The third-order valence-corrected chi connectivity index (χ3v) is 4.46. The van der Waals surface area contributed by atoms with E-state index in [9.17, 15) is 19.7 Å². The molecule has 0 fully saturated rings. The molecule has 0 radical (unpaired) electrons. The number of amides is 1. The molecule has 0 saturated carbocycles. The van der Waals surface area contributed by atoms with Crippen molar-refractivity contribution >= 4 is 50.9 Å². The summed E-state index contributed by atoms with van der Waals surface area (Å²) in [5.74, 6) is -1.40. The molecule has 150 valence electrons. The number of anilines is 2. The molecule has 0 bridgehead atoms. The molecule has 4 aromatic rings. The molecule has 3 aromatic carbocycles. The summed E-state index contributed by atoms with van der Waals surface area (Å²) in [6.07, 6.45) is 0. The van der Waals surface area contributed by atoms with Crippen LogP contribution in [0, 0.1) is 10.1 Å². The van der Waals surface area contributed by atoms with Crippen LogP contribution in [0.1, 0.15) is 10.4 Å². The maximum absolute atomic E-state index is 12.2. The fourth-order valence-corrected chi connectivity index (χ4v) is 3.06. The van der Waals surface area contributed by atoms with Gasteiger partial charge in [0.25, 0.3) is 11.6 Å². The quantitative estimate of drug-likeness (QED) is 0.222. The summed E-state index contributed by atoms with van der Waals surface area (Å²) in [7, 11) is 0. The van der Waals surface area contributed by atoms with Crippen molar-refractivity contribution in [3.63, 3.8) is 0 Å². The summed E-state index contributed by atoms with van der Waals surface area (Å²) >= 11 is 0. The van der Waals surface area contributed by atoms with Gasteiger partial charge in [-0.1, -0.05) is 18.2 Å². The Morgan fingerprint density at radius 3 is 2.57 bits per heavy atom. The van der Waals surface area contributed by atoms with E-state index < -0.39 is 23.4 Å². The van der Waals surface area contributed by atoms with Gasteiger partial charge >= 0.3 is 5.97 Å². The molecule has 9 heteroatoms. The number of esters is 1. The number of nitro groups is 1. The van der Waals surface area contributed by atoms with Crippen LogP contribution in [0.15, 0.2) is 65.1 Å². The first-order valence-electron chi connectivity index (χ1n) is 8.84. The lowest BCUT2D eigenvalue weighted by molar-refractivity contribution is -0.384. The second kappa shape index (κ2) is 7.55. The number of carbonyl (C=O) groups is 2. The smallest absolute Gasteiger partial charge is 0.340 e. The number of ether oxygens (including phenoxy) is 1. The van der Waals surface area contributed by atoms with Crippen molar-refractivity contribution in [3.05, 3.63) is 76.3 Å². The average molecular weight is 405 g/mol. The number of fused-ring (bicyclic) bond motifs is 3. The van der Waals surface area contributed by atoms with Gasteiger partial charge in [-0.3, -0.25) is 14.9 Å². The van der Waals surface area contributed by atoms with Crippen molar-refractivity contribution in [2.75, 3.05) is 17.7 Å². The molecule has 0 unspecified atom stereocenters. The maximum Gasteiger partial charge on any atom is 0.340 e. The molecule has 0 aliphatic rings. The summed E-state index contributed by atoms with van der Waals surface area (Å²) in [6.45, 7) is -0.542. The SMILES string of the molecule is Nc1cc([N+](=O)[O-])ccc1C(=O)OCC(=O)Nc1ccc2oc3ccccc3c2c1. The molecule has 0 aliphatic heterocycles. The lowest BCUT2D eigenvalue weighted by Crippen LogP contribution is -2.21. The van der Waals surface area contributed by atoms with Gasteiger partial charge in [0.15, 0.2) is 6.61 Å². The van der Waals surface area contributed by atoms with Crippen molar-refractivity contribution in [2.45, 2.75) is 0 Å². The molecule has 30 heavy (non-hydrogen) atoms. The second-order valence-corrected chi connectivity index (χ2v) is 6.46. The highest BCUT2D eigenvalue weighted by Gasteiger charge is 2.17. The monoisotopic (exact) mass is 405 g/mol. The molecule has 0 aliphatic carbocycles. The van der Waals surface area contributed by atoms with E-state index in [-0.39, 0.29) is 16.9 Å². The van der Waals surface area contributed by atoms with E-state index >= 15 is 0 Å². The normalized spacial score (nSPS) is 10.8. The third kappa shape index (κ3) is 3.63. The van der Waals surface area contributed by atoms with E-state index in [0.717, 1.165) is 28.5 Å². The van der Waals surface area contributed by atoms with Crippen LogP contribution in [-0.2, 0) is 9.53 Å². The molecule has 1 amide bonds. The molecule has 0 atom stereocenters. The Labute approximate surface area is 169 Å². The van der Waals surface area contributed by atoms with E-state index in [1.807, 2.05) is 24.3 Å². The molecule has 1 aromatic heterocycles. The lowest BCUT2D eigenvalue weighted by atomic mass is 10.1. The van der Waals surface area contributed by atoms with Crippen LogP contribution < -0.4 is 11.1 Å². The maximum atomic E-state index is 12.2. The third-order valence-electron chi connectivity index (χ3n) is 4.46. The van der Waals surface area contributed by atoms with Crippen molar-refractivity contribution < 1.29 is 23.7 Å². The first kappa shape index (κ1) is 18.9. The largest absolute Gasteiger partial charge is 0.456 e. The van der Waals surface area contributed by atoms with Gasteiger partial charge in [0.05, 0.1) is 16.2 Å². The highest BCUT2D eigenvalue weighted by Crippen LogP contribution is 2.30. The molecule has 4 rings (SSSR count). The van der Waals surface area contributed by atoms with E-state index in [1.54, 1.807) is 18.2 Å². The van der Waals surface area contributed by atoms with E-state index in [0.29, 0.717) is 11.3 Å². The summed E-state index contributed by atoms with van der Waals surface area (Å²) in [4.78, 5) is 34.4. The zero-order valence-corrected chi connectivity index (χ0v) is 15.5. The van der Waals surface area contributed by atoms with E-state index in [4.69, 9.17) is 14.9 Å². The minimum Gasteiger partial charge on any atom is -0.456 e. The topological polar surface area (TPSA) is 138 Å². The first-order chi connectivity index (χ1) is 14.4. The van der Waals surface area contributed by atoms with Gasteiger partial charge in [-0.05, 0) is 30.3 Å². The van der Waals surface area contributed by atoms with Gasteiger partial charge in [0.1, 0.15) is 11.2 Å². The highest BCUT2D eigenvalue weighted by atomic mass is 16.6. The highest BCUT2D eigenvalue weighted by molar-refractivity contribution is 6.07. The number of non-ortho nitro benzene ring substituents is 1. The first-order valence-corrected chi connectivity index (χ1v) is 8.84. The molecule has 9 nitrogen and oxygen atoms in total. The lowest BCUT2D eigenvalue weighted by Gasteiger charge is -2.08. The van der Waals surface area contributed by atoms with Crippen molar-refractivity contribution in [1.29, 1.82) is 0 Å². The van der Waals surface area contributed by atoms with Crippen LogP contribution in [0.4, 0.5) is 17.1 Å². The predicted octanol–water partition coefficient (Wildman–Crippen LogP) is 3.87. The Morgan fingerprint density at radius 1 is 1.03 bits per heavy atom. The zero-order chi connectivity index (χ0) is 21.3. The Kier molecular flexibility index (Phi) is 4.77. The molecule has 1 heterocycles. The van der Waals surface area contributed by atoms with Crippen LogP contribution in [-0.4, -0.2) is 23.4 Å². The number of nitro benzene ring substituents is 1. The number of nitrogens with one attached hydrogen (secondary N) is 1. The fraction of sp³-hybridized carbons (Fsp3) is 0.0476. The van der Waals surface area contributed by atoms with Gasteiger partial charge in [0.2, 0.25) is 0 Å². The van der Waals surface area contributed by atoms with Crippen LogP contribution in [0.2, 0.25) is 0 Å². The van der Waals surface area contributed by atoms with Crippen molar-refractivity contribution in [1.82, 2.24) is 0 Å². The van der Waals surface area contributed by atoms with E-state index in [1.165, 1.54) is 6.07 Å². The van der Waals surface area contributed by atoms with Gasteiger partial charge < -0.3 is 20.2 Å². The molecular weight excluding hydrogens is 390 g/mol. The van der Waals surface area contributed by atoms with Gasteiger partial charge in [-0.2, -0.15) is 0 Å². The van der Waals surface area contributed by atoms with Crippen LogP contribution >= 0.6 is 0 Å². The number of para-hydroxylation sites is 1. The van der Waals surface area contributed by atoms with Crippen LogP contribution in [0.5, 0.6) is 0 Å². The Morgan fingerprint density at radius 2 is 1.80 bits per heavy atom. The molecule has 3 N–H and O–H groups in total. The second-order valence-electron chi connectivity index (χ2n) is 6.46. The van der Waals surface area contributed by atoms with Gasteiger partial charge in [-0.25, -0.2) is 4.79 Å². The van der Waals surface area contributed by atoms with Gasteiger partial charge in [0, 0.05) is 28.6 Å². The zero-order valence-electron chi connectivity index (χ0n) is 15.5. The number of rotatable bonds is 5. The minimum absolute atomic E-state index is 0.0558. The number of nitrogen functional groups attached to an aromatic ring is 1. The number of carbonyl (C=O) groups excluding carboxylic acids is 2. The van der Waals surface area contributed by atoms with Crippen LogP contribution in [0.25, 0.3) is 21.9 Å². The Hall–Kier alpha value is -4.40. The summed E-state index contributed by atoms with van der Waals surface area (Å²) in [6, 6.07) is 16.1. The molecule has 0 saturated heterocycles. The number of hydrogen-bond donors (Lipinski definition) is 2. The van der Waals surface area contributed by atoms with Crippen LogP contribution in [0.3, 0.4) is 0 Å². The Balaban J connectivity index is 1.43. The van der Waals surface area contributed by atoms with Gasteiger partial charge in [-0.15, -0.1) is 0 Å². The summed E-state index contributed by atoms with van der Waals surface area (Å²) < 4.78 is 10.7. The number of benzene rings is 3. The van der Waals surface area contributed by atoms with Crippen molar-refractivity contribution in [3.8, 4) is 0 Å². The minimum atomic E-state index is -0.853. The predicted molar refractivity (Wildman–Crippen MR) is 110 cm³/mol. The molecule has 0 spiro atoms. The summed E-state index contributed by atoms with van der Waals surface area (Å²) in [5, 5.41) is 15.2. The fourth-order valence-electron chi connectivity index (χ4n) is 3.06. The number of hydrogen-bond acceptors (Lipinski definition) is 7. The number of furan rings is 1. The van der Waals surface area contributed by atoms with Crippen molar-refractivity contribution in [2.24, 2.45) is 0 Å². The standard InChI is InChI=1S/C21H15N3O6/c22-17-10-13(24(27)28)6-7-15(17)21(26)29-11-20(25)23-12-5-8-19-16(9-12)14-3-1-2-4-18(14)30-19/h1-10H,11,22H2,(H,23,25). The number of nitrogens with two attached hydrogens (primary N) is 1. The summed E-state index contributed by atoms with van der Waals surface area (Å²) in [5.41, 5.74) is 7.21.